The molecule has 0 saturated heterocycles. The quantitative estimate of drug-likeness (QED) is 0.348. The monoisotopic (exact) mass is 525 g/mol. The zero-order valence-corrected chi connectivity index (χ0v) is 20.3. The molecule has 1 fully saturated rings. The third-order valence-corrected chi connectivity index (χ3v) is 4.59. The van der Waals surface area contributed by atoms with Crippen LogP contribution in [0, 0.1) is 0 Å². The summed E-state index contributed by atoms with van der Waals surface area (Å²) < 4.78 is 9.76. The van der Waals surface area contributed by atoms with Crippen molar-refractivity contribution in [2.24, 2.45) is 0 Å². The highest BCUT2D eigenvalue weighted by molar-refractivity contribution is 14.0. The molecule has 164 valence electrons. The van der Waals surface area contributed by atoms with Crippen LogP contribution in [0.2, 0.25) is 0 Å². The van der Waals surface area contributed by atoms with Crippen molar-refractivity contribution in [3.05, 3.63) is 60.2 Å². The molecule has 0 radical (unpaired) electrons. The van der Waals surface area contributed by atoms with E-state index in [2.05, 4.69) is 22.2 Å². The second kappa shape index (κ2) is 13.3. The number of para-hydroxylation sites is 1. The van der Waals surface area contributed by atoms with Crippen LogP contribution in [0.15, 0.2) is 54.6 Å². The molecule has 3 rings (SSSR count). The van der Waals surface area contributed by atoms with Crippen molar-refractivity contribution in [3.63, 3.8) is 0 Å². The van der Waals surface area contributed by atoms with E-state index < -0.39 is 6.09 Å². The highest BCUT2D eigenvalue weighted by atomic mass is 127. The molecule has 1 aliphatic rings. The Labute approximate surface area is 196 Å². The first-order valence-corrected chi connectivity index (χ1v) is 10.1. The maximum Gasteiger partial charge on any atom is 0.417 e. The van der Waals surface area contributed by atoms with Gasteiger partial charge < -0.3 is 9.47 Å². The van der Waals surface area contributed by atoms with Crippen molar-refractivity contribution in [3.8, 4) is 5.75 Å². The van der Waals surface area contributed by atoms with E-state index in [-0.39, 0.29) is 29.6 Å². The summed E-state index contributed by atoms with van der Waals surface area (Å²) in [7, 11) is 0. The molecule has 1 amide bonds. The number of hydrogen-bond donors (Lipinski definition) is 1. The molecule has 1 aliphatic carbocycles. The Morgan fingerprint density at radius 1 is 0.967 bits per heavy atom. The normalized spacial score (nSPS) is 13.7. The van der Waals surface area contributed by atoms with E-state index in [1.54, 1.807) is 12.1 Å². The van der Waals surface area contributed by atoms with Crippen LogP contribution < -0.4 is 10.1 Å². The van der Waals surface area contributed by atoms with Gasteiger partial charge in [0.05, 0.1) is 0 Å². The summed E-state index contributed by atoms with van der Waals surface area (Å²) in [6, 6.07) is 17.2. The smallest absolute Gasteiger partial charge is 0.417 e. The summed E-state index contributed by atoms with van der Waals surface area (Å²) >= 11 is 0. The van der Waals surface area contributed by atoms with Gasteiger partial charge in [-0.05, 0) is 69.4 Å². The van der Waals surface area contributed by atoms with Crippen LogP contribution in [0.4, 0.5) is 10.5 Å². The van der Waals surface area contributed by atoms with Gasteiger partial charge in [-0.25, -0.2) is 4.79 Å². The number of amides is 1. The Hall–Kier alpha value is -2.09. The van der Waals surface area contributed by atoms with Crippen molar-refractivity contribution in [2.45, 2.75) is 64.4 Å². The lowest BCUT2D eigenvalue weighted by atomic mass is 9.84. The van der Waals surface area contributed by atoms with Gasteiger partial charge in [-0.1, -0.05) is 49.6 Å². The zero-order chi connectivity index (χ0) is 21.1. The number of rotatable bonds is 4. The van der Waals surface area contributed by atoms with Gasteiger partial charge in [0.2, 0.25) is 0 Å². The molecule has 6 heteroatoms. The summed E-state index contributed by atoms with van der Waals surface area (Å²) in [6.45, 7) is 5.92. The van der Waals surface area contributed by atoms with E-state index in [9.17, 15) is 9.59 Å². The van der Waals surface area contributed by atoms with Gasteiger partial charge in [-0.2, -0.15) is 0 Å². The summed E-state index contributed by atoms with van der Waals surface area (Å²) in [5.74, 6) is 1.22. The first-order valence-electron chi connectivity index (χ1n) is 10.1. The molecule has 0 heterocycles. The Kier molecular flexibility index (Phi) is 11.5. The van der Waals surface area contributed by atoms with Crippen molar-refractivity contribution in [1.29, 1.82) is 0 Å². The van der Waals surface area contributed by atoms with E-state index in [4.69, 9.17) is 4.74 Å². The van der Waals surface area contributed by atoms with Crippen LogP contribution >= 0.6 is 24.0 Å². The third-order valence-electron chi connectivity index (χ3n) is 4.59. The third kappa shape index (κ3) is 10.1. The lowest BCUT2D eigenvalue weighted by Crippen LogP contribution is -2.17. The Morgan fingerprint density at radius 2 is 1.57 bits per heavy atom. The fourth-order valence-electron chi connectivity index (χ4n) is 3.16. The molecule has 0 bridgehead atoms. The minimum Gasteiger partial charge on any atom is -0.462 e. The van der Waals surface area contributed by atoms with E-state index in [1.807, 2.05) is 51.1 Å². The number of ether oxygens (including phenoxy) is 2. The minimum atomic E-state index is -0.461. The van der Waals surface area contributed by atoms with Crippen LogP contribution in [0.1, 0.15) is 64.4 Å². The largest absolute Gasteiger partial charge is 0.462 e. The number of carbonyl (C=O) groups is 2. The van der Waals surface area contributed by atoms with Crippen LogP contribution in [0.3, 0.4) is 0 Å². The van der Waals surface area contributed by atoms with Gasteiger partial charge in [0.1, 0.15) is 11.4 Å². The predicted molar refractivity (Wildman–Crippen MR) is 131 cm³/mol. The van der Waals surface area contributed by atoms with Gasteiger partial charge >= 0.3 is 6.09 Å². The lowest BCUT2D eigenvalue weighted by molar-refractivity contribution is -0.138. The van der Waals surface area contributed by atoms with Gasteiger partial charge in [-0.3, -0.25) is 10.1 Å². The Morgan fingerprint density at radius 3 is 2.07 bits per heavy atom. The Balaban J connectivity index is 0.000000489. The van der Waals surface area contributed by atoms with Gasteiger partial charge in [0.15, 0.2) is 0 Å². The van der Waals surface area contributed by atoms with Crippen LogP contribution in [0.5, 0.6) is 5.75 Å². The van der Waals surface area contributed by atoms with Crippen LogP contribution in [0.25, 0.3) is 0 Å². The molecular formula is C24H32INO4. The van der Waals surface area contributed by atoms with Crippen molar-refractivity contribution < 1.29 is 19.1 Å². The number of carbonyl (C=O) groups excluding carboxylic acids is 2. The fraction of sp³-hybridized carbons (Fsp3) is 0.417. The first-order chi connectivity index (χ1) is 13.9. The molecule has 0 unspecified atom stereocenters. The molecule has 2 aromatic rings. The molecule has 0 spiro atoms. The molecule has 30 heavy (non-hydrogen) atoms. The average molecular weight is 525 g/mol. The number of anilines is 1. The van der Waals surface area contributed by atoms with Crippen molar-refractivity contribution >= 4 is 42.2 Å². The SMILES string of the molecule is CC(C)(C)OC=O.I.O=C(Nc1ccc(C2CCCCC2)cc1)Oc1ccccc1. The van der Waals surface area contributed by atoms with E-state index in [0.29, 0.717) is 18.1 Å². The van der Waals surface area contributed by atoms with Crippen molar-refractivity contribution in [2.75, 3.05) is 5.32 Å². The molecule has 1 N–H and O–H groups in total. The summed E-state index contributed by atoms with van der Waals surface area (Å²) in [6.07, 6.45) is 6.12. The molecule has 2 aromatic carbocycles. The number of benzene rings is 2. The van der Waals surface area contributed by atoms with Crippen molar-refractivity contribution in [1.82, 2.24) is 0 Å². The van der Waals surface area contributed by atoms with Crippen LogP contribution in [-0.4, -0.2) is 18.2 Å². The summed E-state index contributed by atoms with van der Waals surface area (Å²) in [4.78, 5) is 21.4. The lowest BCUT2D eigenvalue weighted by Gasteiger charge is -2.22. The summed E-state index contributed by atoms with van der Waals surface area (Å²) in [5, 5.41) is 2.76. The van der Waals surface area contributed by atoms with Gasteiger partial charge in [0, 0.05) is 5.69 Å². The second-order valence-corrected chi connectivity index (χ2v) is 8.11. The predicted octanol–water partition coefficient (Wildman–Crippen LogP) is 6.92. The maximum absolute atomic E-state index is 11.8. The van der Waals surface area contributed by atoms with E-state index in [0.717, 1.165) is 5.69 Å². The Bertz CT molecular complexity index is 751. The number of halogens is 1. The second-order valence-electron chi connectivity index (χ2n) is 8.11. The maximum atomic E-state index is 11.8. The zero-order valence-electron chi connectivity index (χ0n) is 17.9. The van der Waals surface area contributed by atoms with E-state index in [1.165, 1.54) is 37.7 Å². The molecule has 1 saturated carbocycles. The molecule has 0 atom stereocenters. The molecule has 0 aromatic heterocycles. The topological polar surface area (TPSA) is 64.6 Å². The minimum absolute atomic E-state index is 0. The van der Waals surface area contributed by atoms with Gasteiger partial charge in [0.25, 0.3) is 6.47 Å². The molecule has 5 nitrogen and oxygen atoms in total. The highest BCUT2D eigenvalue weighted by Crippen LogP contribution is 2.32. The average Bonchev–Trinajstić information content (AvgIpc) is 2.69. The van der Waals surface area contributed by atoms with Crippen LogP contribution in [-0.2, 0) is 9.53 Å². The van der Waals surface area contributed by atoms with Gasteiger partial charge in [-0.15, -0.1) is 24.0 Å². The molecule has 0 aliphatic heterocycles. The standard InChI is InChI=1S/C19H21NO2.C5H10O2.HI/c21-19(22-18-9-5-2-6-10-18)20-17-13-11-16(12-14-17)15-7-3-1-4-8-15;1-5(2,3)7-4-6;/h2,5-6,9-15H,1,3-4,7-8H2,(H,20,21);4H,1-3H3;1H. The molecular weight excluding hydrogens is 493 g/mol. The van der Waals surface area contributed by atoms with E-state index >= 15 is 0 Å². The number of nitrogens with one attached hydrogen (secondary N) is 1. The highest BCUT2D eigenvalue weighted by Gasteiger charge is 2.15. The fourth-order valence-corrected chi connectivity index (χ4v) is 3.16. The summed E-state index contributed by atoms with van der Waals surface area (Å²) in [5.41, 5.74) is 1.82. The first kappa shape index (κ1) is 25.9. The number of hydrogen-bond acceptors (Lipinski definition) is 4.